The summed E-state index contributed by atoms with van der Waals surface area (Å²) in [6.07, 6.45) is 0.466. The smallest absolute Gasteiger partial charge is 0.325 e. The Hall–Kier alpha value is -1.99. The van der Waals surface area contributed by atoms with Gasteiger partial charge < -0.3 is 29.7 Å². The fraction of sp³-hybridized carbons (Fsp3) is 0.500. The molecule has 1 aromatic carbocycles. The maximum Gasteiger partial charge on any atom is 0.325 e. The Morgan fingerprint density at radius 1 is 1.19 bits per heavy atom. The lowest BCUT2D eigenvalue weighted by molar-refractivity contribution is -0.139. The topological polar surface area (TPSA) is 97.2 Å². The van der Waals surface area contributed by atoms with Gasteiger partial charge in [0.25, 0.3) is 0 Å². The van der Waals surface area contributed by atoms with Gasteiger partial charge in [0.15, 0.2) is 11.5 Å². The zero-order chi connectivity index (χ0) is 15.8. The first-order valence-corrected chi connectivity index (χ1v) is 6.46. The molecular formula is C14H21NO6. The summed E-state index contributed by atoms with van der Waals surface area (Å²) in [6.45, 7) is 0.374. The van der Waals surface area contributed by atoms with Crippen LogP contribution in [0.3, 0.4) is 0 Å². The van der Waals surface area contributed by atoms with E-state index in [1.807, 2.05) is 0 Å². The first kappa shape index (κ1) is 17.1. The van der Waals surface area contributed by atoms with Crippen molar-refractivity contribution in [3.8, 4) is 17.2 Å². The molecule has 1 unspecified atom stereocenters. The number of carbonyl (C=O) groups is 1. The molecule has 0 heterocycles. The molecule has 7 heteroatoms. The molecular weight excluding hydrogens is 278 g/mol. The number of benzene rings is 1. The second-order valence-electron chi connectivity index (χ2n) is 4.26. The van der Waals surface area contributed by atoms with Gasteiger partial charge in [-0.2, -0.15) is 0 Å². The zero-order valence-corrected chi connectivity index (χ0v) is 12.4. The molecule has 0 bridgehead atoms. The highest BCUT2D eigenvalue weighted by molar-refractivity contribution is 5.76. The monoisotopic (exact) mass is 299 g/mol. The standard InChI is InChI=1S/C14H21NO6/c1-19-10-7-9(8-11(20-2)13(10)21-3)12(14(17)18)15-5-4-6-16/h7-8,12,15-16H,4-6H2,1-3H3,(H,17,18). The summed E-state index contributed by atoms with van der Waals surface area (Å²) in [5.41, 5.74) is 0.481. The largest absolute Gasteiger partial charge is 0.493 e. The number of aliphatic hydroxyl groups is 1. The van der Waals surface area contributed by atoms with Crippen LogP contribution in [0.4, 0.5) is 0 Å². The van der Waals surface area contributed by atoms with Gasteiger partial charge in [0.2, 0.25) is 5.75 Å². The Balaban J connectivity index is 3.15. The van der Waals surface area contributed by atoms with Crippen molar-refractivity contribution >= 4 is 5.97 Å². The van der Waals surface area contributed by atoms with Crippen LogP contribution in [-0.2, 0) is 4.79 Å². The highest BCUT2D eigenvalue weighted by Gasteiger charge is 2.23. The highest BCUT2D eigenvalue weighted by Crippen LogP contribution is 2.39. The molecule has 0 spiro atoms. The van der Waals surface area contributed by atoms with E-state index in [1.54, 1.807) is 12.1 Å². The van der Waals surface area contributed by atoms with Crippen LogP contribution in [0, 0.1) is 0 Å². The van der Waals surface area contributed by atoms with Crippen molar-refractivity contribution in [2.24, 2.45) is 0 Å². The quantitative estimate of drug-likeness (QED) is 0.580. The molecule has 1 atom stereocenters. The van der Waals surface area contributed by atoms with Crippen molar-refractivity contribution < 1.29 is 29.2 Å². The van der Waals surface area contributed by atoms with Gasteiger partial charge in [-0.25, -0.2) is 0 Å². The van der Waals surface area contributed by atoms with Crippen LogP contribution in [0.15, 0.2) is 12.1 Å². The number of ether oxygens (including phenoxy) is 3. The normalized spacial score (nSPS) is 11.8. The molecule has 0 fully saturated rings. The molecule has 1 aromatic rings. The summed E-state index contributed by atoms with van der Waals surface area (Å²) in [7, 11) is 4.42. The summed E-state index contributed by atoms with van der Waals surface area (Å²) in [4.78, 5) is 11.4. The lowest BCUT2D eigenvalue weighted by Gasteiger charge is -2.18. The van der Waals surface area contributed by atoms with Crippen LogP contribution < -0.4 is 19.5 Å². The van der Waals surface area contributed by atoms with E-state index in [-0.39, 0.29) is 6.61 Å². The Labute approximate surface area is 123 Å². The molecule has 3 N–H and O–H groups in total. The van der Waals surface area contributed by atoms with Gasteiger partial charge in [0.1, 0.15) is 6.04 Å². The number of hydrogen-bond donors (Lipinski definition) is 3. The Morgan fingerprint density at radius 3 is 2.14 bits per heavy atom. The van der Waals surface area contributed by atoms with Crippen LogP contribution in [0.2, 0.25) is 0 Å². The molecule has 0 saturated heterocycles. The highest BCUT2D eigenvalue weighted by atomic mass is 16.5. The van der Waals surface area contributed by atoms with Crippen molar-refractivity contribution in [3.05, 3.63) is 17.7 Å². The third-order valence-electron chi connectivity index (χ3n) is 2.95. The summed E-state index contributed by atoms with van der Waals surface area (Å²) in [6, 6.07) is 2.25. The van der Waals surface area contributed by atoms with Crippen molar-refractivity contribution in [2.75, 3.05) is 34.5 Å². The third kappa shape index (κ3) is 4.24. The fourth-order valence-corrected chi connectivity index (χ4v) is 1.94. The molecule has 0 aliphatic carbocycles. The third-order valence-corrected chi connectivity index (χ3v) is 2.95. The SMILES string of the molecule is COc1cc(C(NCCCO)C(=O)O)cc(OC)c1OC. The first-order chi connectivity index (χ1) is 10.1. The fourth-order valence-electron chi connectivity index (χ4n) is 1.94. The predicted molar refractivity (Wildman–Crippen MR) is 76.2 cm³/mol. The van der Waals surface area contributed by atoms with Gasteiger partial charge in [-0.15, -0.1) is 0 Å². The van der Waals surface area contributed by atoms with Gasteiger partial charge in [0, 0.05) is 6.61 Å². The van der Waals surface area contributed by atoms with E-state index in [2.05, 4.69) is 5.32 Å². The minimum atomic E-state index is -1.03. The summed E-state index contributed by atoms with van der Waals surface area (Å²) < 4.78 is 15.6. The number of methoxy groups -OCH3 is 3. The Morgan fingerprint density at radius 2 is 1.76 bits per heavy atom. The van der Waals surface area contributed by atoms with Crippen molar-refractivity contribution in [1.29, 1.82) is 0 Å². The van der Waals surface area contributed by atoms with Crippen molar-refractivity contribution in [1.82, 2.24) is 5.32 Å². The molecule has 7 nitrogen and oxygen atoms in total. The van der Waals surface area contributed by atoms with E-state index < -0.39 is 12.0 Å². The molecule has 118 valence electrons. The number of aliphatic hydroxyl groups excluding tert-OH is 1. The summed E-state index contributed by atoms with van der Waals surface area (Å²) in [5.74, 6) is 0.162. The van der Waals surface area contributed by atoms with E-state index in [0.717, 1.165) is 0 Å². The van der Waals surface area contributed by atoms with E-state index >= 15 is 0 Å². The second kappa shape index (κ2) is 8.33. The van der Waals surface area contributed by atoms with Crippen LogP contribution in [0.1, 0.15) is 18.0 Å². The minimum Gasteiger partial charge on any atom is -0.493 e. The van der Waals surface area contributed by atoms with Gasteiger partial charge in [-0.3, -0.25) is 4.79 Å². The van der Waals surface area contributed by atoms with Crippen LogP contribution in [0.25, 0.3) is 0 Å². The first-order valence-electron chi connectivity index (χ1n) is 6.46. The summed E-state index contributed by atoms with van der Waals surface area (Å²) >= 11 is 0. The van der Waals surface area contributed by atoms with Gasteiger partial charge in [-0.1, -0.05) is 0 Å². The lowest BCUT2D eigenvalue weighted by atomic mass is 10.1. The average Bonchev–Trinajstić information content (AvgIpc) is 2.49. The van der Waals surface area contributed by atoms with E-state index in [1.165, 1.54) is 21.3 Å². The number of carboxylic acid groups (broad SMARTS) is 1. The molecule has 0 aromatic heterocycles. The summed E-state index contributed by atoms with van der Waals surface area (Å²) in [5, 5.41) is 21.0. The Bertz CT molecular complexity index is 452. The number of carboxylic acids is 1. The van der Waals surface area contributed by atoms with E-state index in [0.29, 0.717) is 35.8 Å². The van der Waals surface area contributed by atoms with E-state index in [4.69, 9.17) is 19.3 Å². The average molecular weight is 299 g/mol. The maximum absolute atomic E-state index is 11.4. The minimum absolute atomic E-state index is 0.00536. The molecule has 0 aliphatic heterocycles. The molecule has 21 heavy (non-hydrogen) atoms. The van der Waals surface area contributed by atoms with Crippen molar-refractivity contribution in [2.45, 2.75) is 12.5 Å². The lowest BCUT2D eigenvalue weighted by Crippen LogP contribution is -2.29. The maximum atomic E-state index is 11.4. The Kier molecular flexibility index (Phi) is 6.77. The zero-order valence-electron chi connectivity index (χ0n) is 12.4. The second-order valence-corrected chi connectivity index (χ2v) is 4.26. The van der Waals surface area contributed by atoms with Gasteiger partial charge >= 0.3 is 5.97 Å². The van der Waals surface area contributed by atoms with Crippen LogP contribution in [0.5, 0.6) is 17.2 Å². The molecule has 0 radical (unpaired) electrons. The number of rotatable bonds is 9. The van der Waals surface area contributed by atoms with Crippen molar-refractivity contribution in [3.63, 3.8) is 0 Å². The number of nitrogens with one attached hydrogen (secondary N) is 1. The molecule has 0 amide bonds. The van der Waals surface area contributed by atoms with Gasteiger partial charge in [-0.05, 0) is 30.7 Å². The molecule has 0 saturated carbocycles. The predicted octanol–water partition coefficient (Wildman–Crippen LogP) is 0.810. The molecule has 0 aliphatic rings. The van der Waals surface area contributed by atoms with Crippen LogP contribution >= 0.6 is 0 Å². The number of aliphatic carboxylic acids is 1. The van der Waals surface area contributed by atoms with Crippen LogP contribution in [-0.4, -0.2) is 50.7 Å². The van der Waals surface area contributed by atoms with E-state index in [9.17, 15) is 9.90 Å². The number of hydrogen-bond acceptors (Lipinski definition) is 6. The van der Waals surface area contributed by atoms with Gasteiger partial charge in [0.05, 0.1) is 21.3 Å². The molecule has 1 rings (SSSR count).